The first-order valence-corrected chi connectivity index (χ1v) is 14.0. The van der Waals surface area contributed by atoms with Crippen molar-refractivity contribution >= 4 is 22.8 Å². The topological polar surface area (TPSA) is 160 Å². The Hall–Kier alpha value is -5.67. The van der Waals surface area contributed by atoms with Crippen molar-refractivity contribution in [3.63, 3.8) is 0 Å². The second-order valence-corrected chi connectivity index (χ2v) is 10.4. The Bertz CT molecular complexity index is 1920. The zero-order valence-electron chi connectivity index (χ0n) is 23.1. The number of imidazole rings is 1. The molecule has 12 heteroatoms. The largest absolute Gasteiger partial charge is 0.383 e. The summed E-state index contributed by atoms with van der Waals surface area (Å²) in [6.07, 6.45) is 8.47. The Labute approximate surface area is 246 Å². The Morgan fingerprint density at radius 3 is 2.60 bits per heavy atom. The normalized spacial score (nSPS) is 14.1. The molecular formula is C31H27N11O. The monoisotopic (exact) mass is 569 g/mol. The van der Waals surface area contributed by atoms with E-state index in [4.69, 9.17) is 25.5 Å². The molecule has 5 aromatic heterocycles. The Morgan fingerprint density at radius 2 is 1.84 bits per heavy atom. The highest BCUT2D eigenvalue weighted by Gasteiger charge is 2.21. The number of nitriles is 1. The van der Waals surface area contributed by atoms with E-state index in [2.05, 4.69) is 54.6 Å². The van der Waals surface area contributed by atoms with Crippen molar-refractivity contribution in [3.8, 4) is 34.4 Å². The molecule has 0 atom stereocenters. The number of hydrogen-bond donors (Lipinski definition) is 2. The van der Waals surface area contributed by atoms with Crippen LogP contribution in [0, 0.1) is 11.3 Å². The van der Waals surface area contributed by atoms with Crippen LogP contribution >= 0.6 is 0 Å². The van der Waals surface area contributed by atoms with Gasteiger partial charge in [-0.3, -0.25) is 9.47 Å². The number of nitrogens with two attached hydrogens (primary N) is 1. The van der Waals surface area contributed by atoms with Gasteiger partial charge in [0.1, 0.15) is 29.5 Å². The first kappa shape index (κ1) is 26.2. The lowest BCUT2D eigenvalue weighted by atomic mass is 10.0. The Morgan fingerprint density at radius 1 is 0.977 bits per heavy atom. The molecule has 6 heterocycles. The van der Waals surface area contributed by atoms with Crippen LogP contribution in [-0.2, 0) is 6.54 Å². The lowest BCUT2D eigenvalue weighted by molar-refractivity contribution is 0.211. The smallest absolute Gasteiger partial charge is 0.234 e. The van der Waals surface area contributed by atoms with Crippen molar-refractivity contribution in [2.45, 2.75) is 25.4 Å². The summed E-state index contributed by atoms with van der Waals surface area (Å²) in [5.41, 5.74) is 12.1. The number of piperidine rings is 1. The van der Waals surface area contributed by atoms with Crippen molar-refractivity contribution < 1.29 is 4.52 Å². The van der Waals surface area contributed by atoms with Gasteiger partial charge >= 0.3 is 0 Å². The van der Waals surface area contributed by atoms with Gasteiger partial charge in [-0.2, -0.15) is 5.26 Å². The molecule has 0 unspecified atom stereocenters. The standard InChI is InChI=1S/C31H27N11O/c32-16-28-34-13-9-27(40-28)37-22-10-14-41(15-11-22)18-20-3-5-23(6-4-20)42-30(24-2-1-12-35-29(24)33)39-26-8-7-25(38-31(26)42)21-17-36-43-19-21/h1-9,12-13,17,19,22H,10-11,14-15,18H2,(H2,33,35)(H,34,37,40). The summed E-state index contributed by atoms with van der Waals surface area (Å²) in [5, 5.41) is 16.3. The molecule has 43 heavy (non-hydrogen) atoms. The van der Waals surface area contributed by atoms with Gasteiger partial charge in [0.05, 0.1) is 23.0 Å². The number of nitrogen functional groups attached to an aromatic ring is 1. The third-order valence-corrected chi connectivity index (χ3v) is 7.61. The quantitative estimate of drug-likeness (QED) is 0.279. The van der Waals surface area contributed by atoms with Crippen molar-refractivity contribution in [2.75, 3.05) is 24.1 Å². The molecule has 0 saturated carbocycles. The summed E-state index contributed by atoms with van der Waals surface area (Å²) in [5.74, 6) is 1.95. The number of pyridine rings is 2. The molecular weight excluding hydrogens is 542 g/mol. The summed E-state index contributed by atoms with van der Waals surface area (Å²) in [6.45, 7) is 2.77. The number of nitrogens with one attached hydrogen (secondary N) is 1. The second-order valence-electron chi connectivity index (χ2n) is 10.4. The van der Waals surface area contributed by atoms with Gasteiger partial charge in [-0.25, -0.2) is 24.9 Å². The molecule has 6 aromatic rings. The van der Waals surface area contributed by atoms with Gasteiger partial charge in [-0.05, 0) is 60.9 Å². The number of rotatable bonds is 7. The average molecular weight is 570 g/mol. The first-order valence-electron chi connectivity index (χ1n) is 14.0. The van der Waals surface area contributed by atoms with E-state index in [1.54, 1.807) is 30.9 Å². The minimum absolute atomic E-state index is 0.178. The number of anilines is 2. The Kier molecular flexibility index (Phi) is 6.90. The fraction of sp³-hybridized carbons (Fsp3) is 0.194. The molecule has 0 amide bonds. The van der Waals surface area contributed by atoms with Gasteiger partial charge in [0.15, 0.2) is 11.5 Å². The third-order valence-electron chi connectivity index (χ3n) is 7.61. The van der Waals surface area contributed by atoms with Crippen LogP contribution < -0.4 is 11.1 Å². The number of nitrogens with zero attached hydrogens (tertiary/aromatic N) is 9. The molecule has 3 N–H and O–H groups in total. The molecule has 0 radical (unpaired) electrons. The molecule has 1 saturated heterocycles. The third kappa shape index (κ3) is 5.37. The number of likely N-dealkylation sites (tertiary alicyclic amines) is 1. The summed E-state index contributed by atoms with van der Waals surface area (Å²) in [7, 11) is 0. The maximum Gasteiger partial charge on any atom is 0.234 e. The molecule has 12 nitrogen and oxygen atoms in total. The van der Waals surface area contributed by atoms with E-state index in [1.807, 2.05) is 34.9 Å². The van der Waals surface area contributed by atoms with Gasteiger partial charge in [-0.1, -0.05) is 17.3 Å². The lowest BCUT2D eigenvalue weighted by Crippen LogP contribution is -2.38. The minimum atomic E-state index is 0.178. The lowest BCUT2D eigenvalue weighted by Gasteiger charge is -2.32. The van der Waals surface area contributed by atoms with E-state index in [-0.39, 0.29) is 5.82 Å². The van der Waals surface area contributed by atoms with E-state index in [1.165, 1.54) is 5.56 Å². The molecule has 1 fully saturated rings. The summed E-state index contributed by atoms with van der Waals surface area (Å²) in [4.78, 5) is 24.8. The highest BCUT2D eigenvalue weighted by Crippen LogP contribution is 2.32. The van der Waals surface area contributed by atoms with E-state index in [0.717, 1.165) is 60.5 Å². The maximum absolute atomic E-state index is 9.05. The number of aromatic nitrogens is 7. The summed E-state index contributed by atoms with van der Waals surface area (Å²) >= 11 is 0. The van der Waals surface area contributed by atoms with Crippen LogP contribution in [0.3, 0.4) is 0 Å². The fourth-order valence-electron chi connectivity index (χ4n) is 5.43. The van der Waals surface area contributed by atoms with E-state index in [0.29, 0.717) is 29.1 Å². The number of hydrogen-bond acceptors (Lipinski definition) is 11. The fourth-order valence-corrected chi connectivity index (χ4v) is 5.43. The molecule has 0 bridgehead atoms. The zero-order chi connectivity index (χ0) is 29.2. The van der Waals surface area contributed by atoms with Crippen LogP contribution in [0.25, 0.3) is 39.5 Å². The van der Waals surface area contributed by atoms with Gasteiger partial charge in [0.2, 0.25) is 5.82 Å². The van der Waals surface area contributed by atoms with Crippen molar-refractivity contribution in [1.29, 1.82) is 5.26 Å². The summed E-state index contributed by atoms with van der Waals surface area (Å²) < 4.78 is 7.06. The van der Waals surface area contributed by atoms with Crippen molar-refractivity contribution in [1.82, 2.24) is 39.5 Å². The molecule has 1 aliphatic heterocycles. The van der Waals surface area contributed by atoms with Crippen molar-refractivity contribution in [3.05, 3.63) is 90.8 Å². The molecule has 1 aliphatic rings. The predicted octanol–water partition coefficient (Wildman–Crippen LogP) is 4.46. The highest BCUT2D eigenvalue weighted by atomic mass is 16.5. The van der Waals surface area contributed by atoms with Gasteiger partial charge in [0, 0.05) is 43.8 Å². The van der Waals surface area contributed by atoms with Crippen LogP contribution in [0.1, 0.15) is 24.2 Å². The van der Waals surface area contributed by atoms with E-state index < -0.39 is 0 Å². The molecule has 212 valence electrons. The summed E-state index contributed by atoms with van der Waals surface area (Å²) in [6, 6.07) is 20.2. The van der Waals surface area contributed by atoms with Crippen LogP contribution in [-0.4, -0.2) is 58.7 Å². The van der Waals surface area contributed by atoms with E-state index in [9.17, 15) is 0 Å². The minimum Gasteiger partial charge on any atom is -0.383 e. The van der Waals surface area contributed by atoms with Crippen molar-refractivity contribution in [2.24, 2.45) is 0 Å². The van der Waals surface area contributed by atoms with Crippen LogP contribution in [0.5, 0.6) is 0 Å². The predicted molar refractivity (Wildman–Crippen MR) is 161 cm³/mol. The SMILES string of the molecule is N#Cc1nccc(NC2CCN(Cc3ccc(-n4c(-c5cccnc5N)nc5ccc(-c6cnoc6)nc54)cc3)CC2)n1. The molecule has 7 rings (SSSR count). The molecule has 0 aliphatic carbocycles. The molecule has 0 spiro atoms. The maximum atomic E-state index is 9.05. The van der Waals surface area contributed by atoms with Crippen LogP contribution in [0.4, 0.5) is 11.6 Å². The highest BCUT2D eigenvalue weighted by molar-refractivity contribution is 5.84. The number of fused-ring (bicyclic) bond motifs is 1. The van der Waals surface area contributed by atoms with Crippen LogP contribution in [0.15, 0.2) is 84.0 Å². The van der Waals surface area contributed by atoms with Gasteiger partial charge in [-0.15, -0.1) is 0 Å². The zero-order valence-corrected chi connectivity index (χ0v) is 23.1. The first-order chi connectivity index (χ1) is 21.1. The van der Waals surface area contributed by atoms with E-state index >= 15 is 0 Å². The number of benzene rings is 1. The second kappa shape index (κ2) is 11.3. The van der Waals surface area contributed by atoms with Gasteiger partial charge in [0.25, 0.3) is 0 Å². The molecule has 1 aromatic carbocycles. The Balaban J connectivity index is 1.12. The average Bonchev–Trinajstić information content (AvgIpc) is 3.71. The van der Waals surface area contributed by atoms with Gasteiger partial charge < -0.3 is 15.6 Å². The van der Waals surface area contributed by atoms with Crippen LogP contribution in [0.2, 0.25) is 0 Å².